The molecule has 0 aliphatic heterocycles. The standard InChI is InChI=1S/C12H25NO2/c1-6-8-12(7-2,11(3,4)13)9-10(14)15-5/h6-9,13H2,1-5H3. The molecule has 0 aromatic rings. The van der Waals surface area contributed by atoms with Gasteiger partial charge in [-0.1, -0.05) is 20.3 Å². The minimum absolute atomic E-state index is 0.144. The van der Waals surface area contributed by atoms with E-state index >= 15 is 0 Å². The number of nitrogens with two attached hydrogens (primary N) is 1. The molecule has 0 spiro atoms. The van der Waals surface area contributed by atoms with Crippen molar-refractivity contribution in [3.05, 3.63) is 0 Å². The Morgan fingerprint density at radius 2 is 1.87 bits per heavy atom. The molecule has 0 radical (unpaired) electrons. The number of esters is 1. The van der Waals surface area contributed by atoms with Gasteiger partial charge >= 0.3 is 5.97 Å². The van der Waals surface area contributed by atoms with Crippen molar-refractivity contribution in [1.82, 2.24) is 0 Å². The zero-order valence-electron chi connectivity index (χ0n) is 10.7. The molecular formula is C12H25NO2. The van der Waals surface area contributed by atoms with Gasteiger partial charge in [0.2, 0.25) is 0 Å². The maximum Gasteiger partial charge on any atom is 0.306 e. The Bertz CT molecular complexity index is 208. The van der Waals surface area contributed by atoms with E-state index in [-0.39, 0.29) is 16.9 Å². The van der Waals surface area contributed by atoms with Crippen LogP contribution in [0, 0.1) is 5.41 Å². The summed E-state index contributed by atoms with van der Waals surface area (Å²) in [7, 11) is 1.43. The Balaban J connectivity index is 4.89. The second-order valence-corrected chi connectivity index (χ2v) is 4.86. The van der Waals surface area contributed by atoms with E-state index in [0.717, 1.165) is 19.3 Å². The topological polar surface area (TPSA) is 52.3 Å². The lowest BCUT2D eigenvalue weighted by molar-refractivity contribution is -0.145. The molecule has 0 aromatic carbocycles. The van der Waals surface area contributed by atoms with E-state index in [9.17, 15) is 4.79 Å². The Labute approximate surface area is 93.4 Å². The fourth-order valence-corrected chi connectivity index (χ4v) is 2.22. The van der Waals surface area contributed by atoms with Crippen LogP contribution in [0.15, 0.2) is 0 Å². The first-order chi connectivity index (χ1) is 6.83. The minimum atomic E-state index is -0.355. The van der Waals surface area contributed by atoms with Crippen LogP contribution in [0.4, 0.5) is 0 Å². The molecule has 0 amide bonds. The van der Waals surface area contributed by atoms with Crippen LogP contribution in [0.3, 0.4) is 0 Å². The van der Waals surface area contributed by atoms with E-state index in [0.29, 0.717) is 6.42 Å². The molecule has 0 aromatic heterocycles. The minimum Gasteiger partial charge on any atom is -0.469 e. The zero-order valence-corrected chi connectivity index (χ0v) is 10.7. The normalized spacial score (nSPS) is 15.9. The van der Waals surface area contributed by atoms with Crippen molar-refractivity contribution < 1.29 is 9.53 Å². The highest BCUT2D eigenvalue weighted by Crippen LogP contribution is 2.41. The van der Waals surface area contributed by atoms with Crippen molar-refractivity contribution in [2.24, 2.45) is 11.1 Å². The van der Waals surface area contributed by atoms with Gasteiger partial charge in [0, 0.05) is 5.54 Å². The van der Waals surface area contributed by atoms with Crippen molar-refractivity contribution in [3.8, 4) is 0 Å². The van der Waals surface area contributed by atoms with Crippen LogP contribution in [-0.2, 0) is 9.53 Å². The molecule has 3 nitrogen and oxygen atoms in total. The van der Waals surface area contributed by atoms with E-state index in [1.807, 2.05) is 13.8 Å². The summed E-state index contributed by atoms with van der Waals surface area (Å²) in [5.41, 5.74) is 5.71. The predicted octanol–water partition coefficient (Wildman–Crippen LogP) is 2.48. The largest absolute Gasteiger partial charge is 0.469 e. The predicted molar refractivity (Wildman–Crippen MR) is 62.5 cm³/mol. The van der Waals surface area contributed by atoms with Gasteiger partial charge in [-0.25, -0.2) is 0 Å². The molecule has 0 saturated carbocycles. The average Bonchev–Trinajstić information content (AvgIpc) is 2.15. The van der Waals surface area contributed by atoms with Crippen molar-refractivity contribution in [3.63, 3.8) is 0 Å². The van der Waals surface area contributed by atoms with Crippen molar-refractivity contribution in [1.29, 1.82) is 0 Å². The first-order valence-electron chi connectivity index (χ1n) is 5.68. The summed E-state index contributed by atoms with van der Waals surface area (Å²) in [6.45, 7) is 8.20. The Morgan fingerprint density at radius 1 is 1.33 bits per heavy atom. The summed E-state index contributed by atoms with van der Waals surface area (Å²) in [4.78, 5) is 11.4. The smallest absolute Gasteiger partial charge is 0.306 e. The molecule has 90 valence electrons. The lowest BCUT2D eigenvalue weighted by atomic mass is 9.65. The van der Waals surface area contributed by atoms with E-state index < -0.39 is 0 Å². The fourth-order valence-electron chi connectivity index (χ4n) is 2.22. The lowest BCUT2D eigenvalue weighted by Gasteiger charge is -2.43. The van der Waals surface area contributed by atoms with Crippen LogP contribution in [0.25, 0.3) is 0 Å². The highest BCUT2D eigenvalue weighted by Gasteiger charge is 2.42. The maximum atomic E-state index is 11.4. The zero-order chi connectivity index (χ0) is 12.1. The molecular weight excluding hydrogens is 190 g/mol. The molecule has 0 aliphatic carbocycles. The fraction of sp³-hybridized carbons (Fsp3) is 0.917. The van der Waals surface area contributed by atoms with Crippen LogP contribution in [0.5, 0.6) is 0 Å². The molecule has 2 N–H and O–H groups in total. The lowest BCUT2D eigenvalue weighted by Crippen LogP contribution is -2.51. The third-order valence-electron chi connectivity index (χ3n) is 3.48. The summed E-state index contributed by atoms with van der Waals surface area (Å²) in [6, 6.07) is 0. The van der Waals surface area contributed by atoms with Gasteiger partial charge in [-0.2, -0.15) is 0 Å². The van der Waals surface area contributed by atoms with Crippen molar-refractivity contribution >= 4 is 5.97 Å². The van der Waals surface area contributed by atoms with Gasteiger partial charge in [0.05, 0.1) is 13.5 Å². The van der Waals surface area contributed by atoms with Crippen LogP contribution in [0.2, 0.25) is 0 Å². The van der Waals surface area contributed by atoms with Crippen LogP contribution in [-0.4, -0.2) is 18.6 Å². The molecule has 1 unspecified atom stereocenters. The third-order valence-corrected chi connectivity index (χ3v) is 3.48. The van der Waals surface area contributed by atoms with E-state index in [2.05, 4.69) is 13.8 Å². The molecule has 0 heterocycles. The van der Waals surface area contributed by atoms with E-state index in [4.69, 9.17) is 10.5 Å². The summed E-state index contributed by atoms with van der Waals surface area (Å²) < 4.78 is 4.75. The average molecular weight is 215 g/mol. The maximum absolute atomic E-state index is 11.4. The van der Waals surface area contributed by atoms with Crippen LogP contribution < -0.4 is 5.73 Å². The van der Waals surface area contributed by atoms with Gasteiger partial charge < -0.3 is 10.5 Å². The second-order valence-electron chi connectivity index (χ2n) is 4.86. The van der Waals surface area contributed by atoms with E-state index in [1.165, 1.54) is 7.11 Å². The van der Waals surface area contributed by atoms with Crippen molar-refractivity contribution in [2.75, 3.05) is 7.11 Å². The molecule has 15 heavy (non-hydrogen) atoms. The highest BCUT2D eigenvalue weighted by atomic mass is 16.5. The number of rotatable bonds is 6. The molecule has 1 atom stereocenters. The summed E-state index contributed by atoms with van der Waals surface area (Å²) in [5, 5.41) is 0. The highest BCUT2D eigenvalue weighted by molar-refractivity contribution is 5.70. The van der Waals surface area contributed by atoms with Gasteiger partial charge in [0.15, 0.2) is 0 Å². The van der Waals surface area contributed by atoms with Gasteiger partial charge in [-0.05, 0) is 32.1 Å². The molecule has 0 saturated heterocycles. The Morgan fingerprint density at radius 3 is 2.13 bits per heavy atom. The number of hydrogen-bond donors (Lipinski definition) is 1. The Kier molecular flexibility index (Phi) is 5.29. The SMILES string of the molecule is CCCC(CC)(CC(=O)OC)C(C)(C)N. The molecule has 0 fully saturated rings. The number of carbonyl (C=O) groups is 1. The van der Waals surface area contributed by atoms with E-state index in [1.54, 1.807) is 0 Å². The summed E-state index contributed by atoms with van der Waals surface area (Å²) >= 11 is 0. The number of ether oxygens (including phenoxy) is 1. The van der Waals surface area contributed by atoms with Gasteiger partial charge in [-0.15, -0.1) is 0 Å². The van der Waals surface area contributed by atoms with Crippen molar-refractivity contribution in [2.45, 2.75) is 58.9 Å². The number of methoxy groups -OCH3 is 1. The van der Waals surface area contributed by atoms with Crippen LogP contribution in [0.1, 0.15) is 53.4 Å². The molecule has 3 heteroatoms. The quantitative estimate of drug-likeness (QED) is 0.692. The van der Waals surface area contributed by atoms with Crippen LogP contribution >= 0.6 is 0 Å². The summed E-state index contributed by atoms with van der Waals surface area (Å²) in [5.74, 6) is -0.163. The molecule has 0 bridgehead atoms. The van der Waals surface area contributed by atoms with Gasteiger partial charge in [-0.3, -0.25) is 4.79 Å². The van der Waals surface area contributed by atoms with Gasteiger partial charge in [0.25, 0.3) is 0 Å². The first-order valence-corrected chi connectivity index (χ1v) is 5.68. The first kappa shape index (κ1) is 14.4. The summed E-state index contributed by atoms with van der Waals surface area (Å²) in [6.07, 6.45) is 3.31. The van der Waals surface area contributed by atoms with Gasteiger partial charge in [0.1, 0.15) is 0 Å². The second kappa shape index (κ2) is 5.50. The monoisotopic (exact) mass is 215 g/mol. The molecule has 0 aliphatic rings. The molecule has 0 rings (SSSR count). The Hall–Kier alpha value is -0.570. The third kappa shape index (κ3) is 3.49. The number of hydrogen-bond acceptors (Lipinski definition) is 3. The number of carbonyl (C=O) groups excluding carboxylic acids is 1.